The van der Waals surface area contributed by atoms with Gasteiger partial charge in [-0.25, -0.2) is 4.68 Å². The predicted molar refractivity (Wildman–Crippen MR) is 94.4 cm³/mol. The number of hydrogen-bond donors (Lipinski definition) is 1. The van der Waals surface area contributed by atoms with Crippen LogP contribution in [0.3, 0.4) is 0 Å². The molecule has 3 rings (SSSR count). The average Bonchev–Trinajstić information content (AvgIpc) is 2.81. The highest BCUT2D eigenvalue weighted by atomic mass is 16.2. The van der Waals surface area contributed by atoms with Crippen molar-refractivity contribution in [1.29, 1.82) is 0 Å². The second-order valence-corrected chi connectivity index (χ2v) is 6.63. The molecule has 2 aromatic heterocycles. The number of anilines is 1. The number of amides is 1. The van der Waals surface area contributed by atoms with Gasteiger partial charge in [-0.05, 0) is 26.3 Å². The monoisotopic (exact) mass is 344 g/mol. The van der Waals surface area contributed by atoms with Crippen molar-refractivity contribution >= 4 is 11.6 Å². The Morgan fingerprint density at radius 3 is 2.60 bits per heavy atom. The van der Waals surface area contributed by atoms with Gasteiger partial charge in [-0.15, -0.1) is 0 Å². The van der Waals surface area contributed by atoms with E-state index in [-0.39, 0.29) is 17.5 Å². The fourth-order valence-corrected chi connectivity index (χ4v) is 3.19. The lowest BCUT2D eigenvalue weighted by Crippen LogP contribution is -2.45. The van der Waals surface area contributed by atoms with E-state index in [1.165, 1.54) is 4.68 Å². The van der Waals surface area contributed by atoms with Crippen LogP contribution >= 0.6 is 0 Å². The van der Waals surface area contributed by atoms with Crippen molar-refractivity contribution in [2.75, 3.05) is 11.9 Å². The number of aromatic nitrogens is 4. The summed E-state index contributed by atoms with van der Waals surface area (Å²) in [5, 5.41) is 11.6. The lowest BCUT2D eigenvalue weighted by atomic mass is 10.0. The molecule has 1 N–H and O–H groups in total. The lowest BCUT2D eigenvalue weighted by Gasteiger charge is -2.32. The molecule has 0 bridgehead atoms. The molecule has 8 nitrogen and oxygen atoms in total. The van der Waals surface area contributed by atoms with Crippen LogP contribution in [-0.4, -0.2) is 43.0 Å². The Balaban J connectivity index is 1.75. The second kappa shape index (κ2) is 6.44. The van der Waals surface area contributed by atoms with Crippen LogP contribution in [0.1, 0.15) is 29.6 Å². The SMILES string of the molecule is Cc1nn(C)c(C)c1NC(=O)[C@H](C)N1CCc2nn(C)c(=O)cc2C1. The minimum Gasteiger partial charge on any atom is -0.322 e. The largest absolute Gasteiger partial charge is 0.322 e. The average molecular weight is 344 g/mol. The van der Waals surface area contributed by atoms with Crippen molar-refractivity contribution in [3.05, 3.63) is 39.1 Å². The number of carbonyl (C=O) groups is 1. The zero-order valence-electron chi connectivity index (χ0n) is 15.3. The third kappa shape index (κ3) is 3.21. The summed E-state index contributed by atoms with van der Waals surface area (Å²) in [7, 11) is 3.51. The Labute approximate surface area is 146 Å². The molecule has 2 aromatic rings. The number of carbonyl (C=O) groups excluding carboxylic acids is 1. The molecule has 8 heteroatoms. The summed E-state index contributed by atoms with van der Waals surface area (Å²) in [6.07, 6.45) is 0.728. The van der Waals surface area contributed by atoms with Gasteiger partial charge in [0.1, 0.15) is 0 Å². The zero-order valence-corrected chi connectivity index (χ0v) is 15.3. The van der Waals surface area contributed by atoms with Crippen molar-refractivity contribution in [3.63, 3.8) is 0 Å². The fraction of sp³-hybridized carbons (Fsp3) is 0.529. The van der Waals surface area contributed by atoms with Crippen LogP contribution in [0.5, 0.6) is 0 Å². The molecular formula is C17H24N6O2. The highest BCUT2D eigenvalue weighted by molar-refractivity contribution is 5.95. The molecule has 1 atom stereocenters. The van der Waals surface area contributed by atoms with E-state index in [1.807, 2.05) is 27.8 Å². The number of nitrogens with zero attached hydrogens (tertiary/aromatic N) is 5. The Morgan fingerprint density at radius 1 is 1.24 bits per heavy atom. The normalized spacial score (nSPS) is 15.7. The van der Waals surface area contributed by atoms with E-state index in [1.54, 1.807) is 17.8 Å². The highest BCUT2D eigenvalue weighted by Crippen LogP contribution is 2.21. The minimum atomic E-state index is -0.309. The Bertz CT molecular complexity index is 882. The third-order valence-corrected chi connectivity index (χ3v) is 4.95. The first kappa shape index (κ1) is 17.3. The number of nitrogens with one attached hydrogen (secondary N) is 1. The molecule has 0 fully saturated rings. The van der Waals surface area contributed by atoms with E-state index in [2.05, 4.69) is 20.4 Å². The molecule has 3 heterocycles. The standard InChI is InChI=1S/C17H24N6O2/c1-10-16(11(2)21(4)19-10)18-17(25)12(3)23-7-6-14-13(9-23)8-15(24)22(5)20-14/h8,12H,6-7,9H2,1-5H3,(H,18,25)/t12-/m0/s1. The van der Waals surface area contributed by atoms with Crippen LogP contribution in [0.4, 0.5) is 5.69 Å². The molecule has 0 aliphatic carbocycles. The fourth-order valence-electron chi connectivity index (χ4n) is 3.19. The third-order valence-electron chi connectivity index (χ3n) is 4.95. The smallest absolute Gasteiger partial charge is 0.266 e. The van der Waals surface area contributed by atoms with Gasteiger partial charge in [-0.1, -0.05) is 0 Å². The summed E-state index contributed by atoms with van der Waals surface area (Å²) in [6, 6.07) is 1.31. The topological polar surface area (TPSA) is 85.1 Å². The first-order valence-corrected chi connectivity index (χ1v) is 8.39. The number of rotatable bonds is 3. The Kier molecular flexibility index (Phi) is 4.47. The van der Waals surface area contributed by atoms with Gasteiger partial charge in [0, 0.05) is 39.7 Å². The molecule has 0 aromatic carbocycles. The number of fused-ring (bicyclic) bond motifs is 1. The van der Waals surface area contributed by atoms with Crippen molar-refractivity contribution < 1.29 is 4.79 Å². The van der Waals surface area contributed by atoms with Gasteiger partial charge < -0.3 is 5.32 Å². The van der Waals surface area contributed by atoms with E-state index in [0.29, 0.717) is 6.54 Å². The van der Waals surface area contributed by atoms with Crippen molar-refractivity contribution in [3.8, 4) is 0 Å². The molecule has 1 amide bonds. The second-order valence-electron chi connectivity index (χ2n) is 6.63. The van der Waals surface area contributed by atoms with E-state index in [9.17, 15) is 9.59 Å². The molecule has 0 radical (unpaired) electrons. The van der Waals surface area contributed by atoms with Crippen LogP contribution in [0, 0.1) is 13.8 Å². The van der Waals surface area contributed by atoms with Crippen LogP contribution in [-0.2, 0) is 31.9 Å². The molecule has 0 saturated heterocycles. The van der Waals surface area contributed by atoms with Gasteiger partial charge in [0.15, 0.2) is 0 Å². The molecule has 134 valence electrons. The Hall–Kier alpha value is -2.48. The maximum absolute atomic E-state index is 12.7. The lowest BCUT2D eigenvalue weighted by molar-refractivity contribution is -0.121. The summed E-state index contributed by atoms with van der Waals surface area (Å²) < 4.78 is 3.12. The molecule has 25 heavy (non-hydrogen) atoms. The molecule has 0 unspecified atom stereocenters. The van der Waals surface area contributed by atoms with Crippen molar-refractivity contribution in [2.45, 2.75) is 39.8 Å². The van der Waals surface area contributed by atoms with Crippen LogP contribution in [0.25, 0.3) is 0 Å². The maximum Gasteiger partial charge on any atom is 0.266 e. The van der Waals surface area contributed by atoms with Crippen LogP contribution in [0.2, 0.25) is 0 Å². The van der Waals surface area contributed by atoms with E-state index in [4.69, 9.17) is 0 Å². The van der Waals surface area contributed by atoms with Gasteiger partial charge >= 0.3 is 0 Å². The van der Waals surface area contributed by atoms with E-state index >= 15 is 0 Å². The molecule has 0 spiro atoms. The molecular weight excluding hydrogens is 320 g/mol. The highest BCUT2D eigenvalue weighted by Gasteiger charge is 2.27. The van der Waals surface area contributed by atoms with Crippen molar-refractivity contribution in [1.82, 2.24) is 24.5 Å². The maximum atomic E-state index is 12.7. The van der Waals surface area contributed by atoms with Crippen molar-refractivity contribution in [2.24, 2.45) is 14.1 Å². The Morgan fingerprint density at radius 2 is 1.96 bits per heavy atom. The zero-order chi connectivity index (χ0) is 18.3. The number of aryl methyl sites for hydroxylation is 3. The summed E-state index contributed by atoms with van der Waals surface area (Å²) in [6.45, 7) is 6.98. The first-order valence-electron chi connectivity index (χ1n) is 8.39. The summed E-state index contributed by atoms with van der Waals surface area (Å²) >= 11 is 0. The van der Waals surface area contributed by atoms with E-state index in [0.717, 1.165) is 41.3 Å². The molecule has 1 aliphatic rings. The molecule has 1 aliphatic heterocycles. The van der Waals surface area contributed by atoms with E-state index < -0.39 is 0 Å². The van der Waals surface area contributed by atoms with Gasteiger partial charge in [0.25, 0.3) is 5.56 Å². The van der Waals surface area contributed by atoms with Crippen LogP contribution < -0.4 is 10.9 Å². The summed E-state index contributed by atoms with van der Waals surface area (Å²) in [5.41, 5.74) is 4.21. The summed E-state index contributed by atoms with van der Waals surface area (Å²) in [5.74, 6) is -0.0700. The quantitative estimate of drug-likeness (QED) is 0.877. The van der Waals surface area contributed by atoms with Crippen LogP contribution in [0.15, 0.2) is 10.9 Å². The first-order chi connectivity index (χ1) is 11.8. The van der Waals surface area contributed by atoms with Gasteiger partial charge in [0.2, 0.25) is 5.91 Å². The minimum absolute atomic E-state index is 0.0700. The predicted octanol–water partition coefficient (Wildman–Crippen LogP) is 0.516. The summed E-state index contributed by atoms with van der Waals surface area (Å²) in [4.78, 5) is 26.6. The van der Waals surface area contributed by atoms with Gasteiger partial charge in [0.05, 0.1) is 28.8 Å². The number of hydrogen-bond acceptors (Lipinski definition) is 5. The van der Waals surface area contributed by atoms with Gasteiger partial charge in [-0.3, -0.25) is 19.2 Å². The molecule has 0 saturated carbocycles. The van der Waals surface area contributed by atoms with Gasteiger partial charge in [-0.2, -0.15) is 10.2 Å².